The first-order valence-electron chi connectivity index (χ1n) is 7.88. The summed E-state index contributed by atoms with van der Waals surface area (Å²) in [4.78, 5) is 19.0. The molecule has 2 aromatic heterocycles. The lowest BCUT2D eigenvalue weighted by atomic mass is 9.89. The van der Waals surface area contributed by atoms with Crippen LogP contribution >= 0.6 is 0 Å². The molecule has 1 aliphatic rings. The number of hydrogen-bond donors (Lipinski definition) is 1. The van der Waals surface area contributed by atoms with Crippen LogP contribution in [0.25, 0.3) is 22.4 Å². The van der Waals surface area contributed by atoms with Crippen LogP contribution in [0.3, 0.4) is 0 Å². The summed E-state index contributed by atoms with van der Waals surface area (Å²) in [7, 11) is 0. The number of rotatable bonds is 3. The topological polar surface area (TPSA) is 58.9 Å². The number of fused-ring (bicyclic) bond motifs is 1. The SMILES string of the molecule is O=Cc1ccc(-c2ccc3nc(C4CCCCC4)[nH]c3c2)o1. The normalized spacial score (nSPS) is 16.2. The summed E-state index contributed by atoms with van der Waals surface area (Å²) in [6, 6.07) is 9.55. The van der Waals surface area contributed by atoms with Crippen molar-refractivity contribution in [1.82, 2.24) is 9.97 Å². The van der Waals surface area contributed by atoms with Crippen molar-refractivity contribution in [3.8, 4) is 11.3 Å². The van der Waals surface area contributed by atoms with E-state index in [0.717, 1.165) is 28.7 Å². The van der Waals surface area contributed by atoms with Crippen LogP contribution in [0.2, 0.25) is 0 Å². The number of carbonyl (C=O) groups excluding carboxylic acids is 1. The molecule has 1 fully saturated rings. The third kappa shape index (κ3) is 2.34. The second kappa shape index (κ2) is 5.44. The van der Waals surface area contributed by atoms with Crippen LogP contribution < -0.4 is 0 Å². The Bertz CT molecular complexity index is 809. The van der Waals surface area contributed by atoms with Gasteiger partial charge in [-0.05, 0) is 43.2 Å². The minimum absolute atomic E-state index is 0.350. The minimum Gasteiger partial charge on any atom is -0.453 e. The molecule has 4 rings (SSSR count). The van der Waals surface area contributed by atoms with Gasteiger partial charge in [0.25, 0.3) is 0 Å². The zero-order chi connectivity index (χ0) is 14.9. The van der Waals surface area contributed by atoms with E-state index in [2.05, 4.69) is 4.98 Å². The van der Waals surface area contributed by atoms with E-state index in [0.29, 0.717) is 17.4 Å². The van der Waals surface area contributed by atoms with Crippen molar-refractivity contribution in [3.63, 3.8) is 0 Å². The molecule has 0 saturated heterocycles. The molecule has 1 aromatic carbocycles. The van der Waals surface area contributed by atoms with Crippen molar-refractivity contribution in [2.75, 3.05) is 0 Å². The first kappa shape index (κ1) is 13.3. The quantitative estimate of drug-likeness (QED) is 0.713. The van der Waals surface area contributed by atoms with Gasteiger partial charge in [0.1, 0.15) is 11.6 Å². The maximum absolute atomic E-state index is 10.7. The first-order chi connectivity index (χ1) is 10.8. The van der Waals surface area contributed by atoms with E-state index in [4.69, 9.17) is 9.40 Å². The van der Waals surface area contributed by atoms with Gasteiger partial charge < -0.3 is 9.40 Å². The van der Waals surface area contributed by atoms with Crippen molar-refractivity contribution in [2.24, 2.45) is 0 Å². The number of aromatic nitrogens is 2. The molecule has 0 radical (unpaired) electrons. The van der Waals surface area contributed by atoms with Gasteiger partial charge in [0.15, 0.2) is 12.0 Å². The molecule has 0 amide bonds. The zero-order valence-electron chi connectivity index (χ0n) is 12.3. The molecule has 1 aliphatic carbocycles. The van der Waals surface area contributed by atoms with Crippen LogP contribution in [0, 0.1) is 0 Å². The fourth-order valence-corrected chi connectivity index (χ4v) is 3.32. The van der Waals surface area contributed by atoms with Gasteiger partial charge in [-0.15, -0.1) is 0 Å². The molecular weight excluding hydrogens is 276 g/mol. The van der Waals surface area contributed by atoms with E-state index >= 15 is 0 Å². The van der Waals surface area contributed by atoms with E-state index in [9.17, 15) is 4.79 Å². The van der Waals surface area contributed by atoms with Crippen molar-refractivity contribution < 1.29 is 9.21 Å². The summed E-state index contributed by atoms with van der Waals surface area (Å²) in [5, 5.41) is 0. The summed E-state index contributed by atoms with van der Waals surface area (Å²) in [5.74, 6) is 2.73. The van der Waals surface area contributed by atoms with E-state index in [1.54, 1.807) is 6.07 Å². The monoisotopic (exact) mass is 294 g/mol. The summed E-state index contributed by atoms with van der Waals surface area (Å²) >= 11 is 0. The number of nitrogens with zero attached hydrogens (tertiary/aromatic N) is 1. The molecular formula is C18H18N2O2. The Labute approximate surface area is 128 Å². The smallest absolute Gasteiger partial charge is 0.185 e. The Morgan fingerprint density at radius 3 is 2.77 bits per heavy atom. The highest BCUT2D eigenvalue weighted by Crippen LogP contribution is 2.33. The predicted molar refractivity (Wildman–Crippen MR) is 85.0 cm³/mol. The van der Waals surface area contributed by atoms with Crippen molar-refractivity contribution >= 4 is 17.3 Å². The maximum Gasteiger partial charge on any atom is 0.185 e. The van der Waals surface area contributed by atoms with Gasteiger partial charge in [0.2, 0.25) is 0 Å². The van der Waals surface area contributed by atoms with Crippen LogP contribution in [0.5, 0.6) is 0 Å². The molecule has 0 atom stereocenters. The molecule has 1 saturated carbocycles. The van der Waals surface area contributed by atoms with Gasteiger partial charge >= 0.3 is 0 Å². The summed E-state index contributed by atoms with van der Waals surface area (Å²) in [5.41, 5.74) is 2.98. The summed E-state index contributed by atoms with van der Waals surface area (Å²) < 4.78 is 5.49. The highest BCUT2D eigenvalue weighted by Gasteiger charge is 2.19. The van der Waals surface area contributed by atoms with Gasteiger partial charge in [-0.3, -0.25) is 4.79 Å². The number of benzene rings is 1. The lowest BCUT2D eigenvalue weighted by Gasteiger charge is -2.18. The Morgan fingerprint density at radius 2 is 2.00 bits per heavy atom. The molecule has 0 spiro atoms. The lowest BCUT2D eigenvalue weighted by molar-refractivity contribution is 0.110. The highest BCUT2D eigenvalue weighted by atomic mass is 16.3. The fourth-order valence-electron chi connectivity index (χ4n) is 3.32. The van der Waals surface area contributed by atoms with Crippen LogP contribution in [0.1, 0.15) is 54.4 Å². The molecule has 4 heteroatoms. The van der Waals surface area contributed by atoms with Gasteiger partial charge in [-0.25, -0.2) is 4.98 Å². The standard InChI is InChI=1S/C18H18N2O2/c21-11-14-7-9-17(22-14)13-6-8-15-16(10-13)20-18(19-15)12-4-2-1-3-5-12/h6-12H,1-5H2,(H,19,20). The van der Waals surface area contributed by atoms with E-state index < -0.39 is 0 Å². The number of imidazole rings is 1. The fraction of sp³-hybridized carbons (Fsp3) is 0.333. The molecule has 22 heavy (non-hydrogen) atoms. The molecule has 3 aromatic rings. The number of carbonyl (C=O) groups is 1. The Kier molecular flexibility index (Phi) is 3.29. The van der Waals surface area contributed by atoms with Gasteiger partial charge in [0.05, 0.1) is 11.0 Å². The van der Waals surface area contributed by atoms with Crippen LogP contribution in [0.4, 0.5) is 0 Å². The average molecular weight is 294 g/mol. The molecule has 0 bridgehead atoms. The molecule has 112 valence electrons. The minimum atomic E-state index is 0.350. The maximum atomic E-state index is 10.7. The number of nitrogens with one attached hydrogen (secondary N) is 1. The largest absolute Gasteiger partial charge is 0.453 e. The van der Waals surface area contributed by atoms with Crippen LogP contribution in [0.15, 0.2) is 34.7 Å². The number of aldehydes is 1. The molecule has 2 heterocycles. The van der Waals surface area contributed by atoms with Gasteiger partial charge in [0, 0.05) is 11.5 Å². The first-order valence-corrected chi connectivity index (χ1v) is 7.88. The number of furan rings is 1. The van der Waals surface area contributed by atoms with Crippen LogP contribution in [-0.2, 0) is 0 Å². The molecule has 1 N–H and O–H groups in total. The third-order valence-corrected chi connectivity index (χ3v) is 4.52. The second-order valence-electron chi connectivity index (χ2n) is 6.01. The highest BCUT2D eigenvalue weighted by molar-refractivity contribution is 5.81. The number of aromatic amines is 1. The van der Waals surface area contributed by atoms with E-state index in [-0.39, 0.29) is 0 Å². The van der Waals surface area contributed by atoms with Crippen LogP contribution in [-0.4, -0.2) is 16.3 Å². The number of hydrogen-bond acceptors (Lipinski definition) is 3. The van der Waals surface area contributed by atoms with Gasteiger partial charge in [-0.2, -0.15) is 0 Å². The Morgan fingerprint density at radius 1 is 1.14 bits per heavy atom. The number of H-pyrrole nitrogens is 1. The summed E-state index contributed by atoms with van der Waals surface area (Å²) in [6.45, 7) is 0. The second-order valence-corrected chi connectivity index (χ2v) is 6.01. The third-order valence-electron chi connectivity index (χ3n) is 4.52. The Hall–Kier alpha value is -2.36. The zero-order valence-corrected chi connectivity index (χ0v) is 12.3. The molecule has 4 nitrogen and oxygen atoms in total. The lowest BCUT2D eigenvalue weighted by Crippen LogP contribution is -2.05. The van der Waals surface area contributed by atoms with E-state index in [1.165, 1.54) is 32.1 Å². The average Bonchev–Trinajstić information content (AvgIpc) is 3.21. The van der Waals surface area contributed by atoms with Crippen molar-refractivity contribution in [1.29, 1.82) is 0 Å². The van der Waals surface area contributed by atoms with Gasteiger partial charge in [-0.1, -0.05) is 19.3 Å². The predicted octanol–water partition coefficient (Wildman–Crippen LogP) is 4.68. The van der Waals surface area contributed by atoms with E-state index in [1.807, 2.05) is 24.3 Å². The van der Waals surface area contributed by atoms with Crippen molar-refractivity contribution in [2.45, 2.75) is 38.0 Å². The summed E-state index contributed by atoms with van der Waals surface area (Å²) in [6.07, 6.45) is 7.13. The van der Waals surface area contributed by atoms with Crippen molar-refractivity contribution in [3.05, 3.63) is 41.9 Å². The Balaban J connectivity index is 1.69. The molecule has 0 unspecified atom stereocenters. The molecule has 0 aliphatic heterocycles.